The molecule has 0 spiro atoms. The number of imidazole rings is 1. The minimum absolute atomic E-state index is 0.352. The monoisotopic (exact) mass is 445 g/mol. The highest BCUT2D eigenvalue weighted by molar-refractivity contribution is 7.08. The number of fused-ring (bicyclic) bond motifs is 1. The molecular weight excluding hydrogens is 422 g/mol. The molecule has 158 valence electrons. The third kappa shape index (κ3) is 3.56. The summed E-state index contributed by atoms with van der Waals surface area (Å²) in [4.78, 5) is 28.8. The molecule has 0 fully saturated rings. The van der Waals surface area contributed by atoms with Gasteiger partial charge in [-0.25, -0.2) is 9.78 Å². The van der Waals surface area contributed by atoms with Crippen molar-refractivity contribution in [3.8, 4) is 0 Å². The van der Waals surface area contributed by atoms with E-state index in [1.54, 1.807) is 40.6 Å². The van der Waals surface area contributed by atoms with Crippen LogP contribution in [-0.2, 0) is 26.2 Å². The fraction of sp³-hybridized carbons (Fsp3) is 0.350. The molecule has 0 aromatic carbocycles. The Morgan fingerprint density at radius 3 is 2.33 bits per heavy atom. The standard InChI is InChI=1S/C20H23N5O3S2/c1-23-17-16(18(26)24(2)19(23)27)25(13-22-17)8-7-21-6-5-20(28,14-3-9-29-11-14)15-4-10-30-12-15/h3-4,9-13,21,28H,5-8H2,1-2H3. The minimum Gasteiger partial charge on any atom is -0.380 e. The molecule has 30 heavy (non-hydrogen) atoms. The molecule has 0 bridgehead atoms. The highest BCUT2D eigenvalue weighted by Crippen LogP contribution is 2.35. The third-order valence-electron chi connectivity index (χ3n) is 5.41. The molecule has 8 nitrogen and oxygen atoms in total. The van der Waals surface area contributed by atoms with E-state index < -0.39 is 11.3 Å². The SMILES string of the molecule is Cn1c(=O)c2c(ncn2CCNCCC(O)(c2ccsc2)c2ccsc2)n(C)c1=O. The Kier molecular flexibility index (Phi) is 5.74. The number of aliphatic hydroxyl groups is 1. The maximum absolute atomic E-state index is 12.5. The predicted octanol–water partition coefficient (Wildman–Crippen LogP) is 1.47. The summed E-state index contributed by atoms with van der Waals surface area (Å²) in [6.07, 6.45) is 2.11. The Balaban J connectivity index is 1.43. The molecule has 2 N–H and O–H groups in total. The van der Waals surface area contributed by atoms with Crippen molar-refractivity contribution in [3.05, 3.63) is 71.9 Å². The van der Waals surface area contributed by atoms with Crippen molar-refractivity contribution in [3.63, 3.8) is 0 Å². The number of rotatable bonds is 8. The van der Waals surface area contributed by atoms with E-state index in [0.717, 1.165) is 15.7 Å². The van der Waals surface area contributed by atoms with Gasteiger partial charge in [-0.15, -0.1) is 0 Å². The second-order valence-electron chi connectivity index (χ2n) is 7.20. The molecule has 0 aliphatic carbocycles. The Bertz CT molecular complexity index is 1220. The van der Waals surface area contributed by atoms with Crippen LogP contribution in [0.15, 0.2) is 49.6 Å². The van der Waals surface area contributed by atoms with E-state index in [4.69, 9.17) is 0 Å². The summed E-state index contributed by atoms with van der Waals surface area (Å²) in [5, 5.41) is 22.6. The van der Waals surface area contributed by atoms with Gasteiger partial charge in [0.1, 0.15) is 5.60 Å². The summed E-state index contributed by atoms with van der Waals surface area (Å²) in [7, 11) is 3.07. The quantitative estimate of drug-likeness (QED) is 0.401. The first-order valence-corrected chi connectivity index (χ1v) is 11.4. The zero-order valence-electron chi connectivity index (χ0n) is 16.7. The summed E-state index contributed by atoms with van der Waals surface area (Å²) < 4.78 is 4.23. The molecule has 4 aromatic heterocycles. The predicted molar refractivity (Wildman–Crippen MR) is 119 cm³/mol. The van der Waals surface area contributed by atoms with Crippen molar-refractivity contribution >= 4 is 33.8 Å². The Morgan fingerprint density at radius 2 is 1.73 bits per heavy atom. The second kappa shape index (κ2) is 8.31. The second-order valence-corrected chi connectivity index (χ2v) is 8.76. The van der Waals surface area contributed by atoms with Gasteiger partial charge in [0.25, 0.3) is 5.56 Å². The number of nitrogens with zero attached hydrogens (tertiary/aromatic N) is 4. The number of hydrogen-bond donors (Lipinski definition) is 2. The van der Waals surface area contributed by atoms with Gasteiger partial charge in [0.05, 0.1) is 6.33 Å². The fourth-order valence-corrected chi connectivity index (χ4v) is 5.06. The van der Waals surface area contributed by atoms with Gasteiger partial charge in [-0.3, -0.25) is 13.9 Å². The molecule has 0 saturated heterocycles. The smallest absolute Gasteiger partial charge is 0.332 e. The third-order valence-corrected chi connectivity index (χ3v) is 6.77. The summed E-state index contributed by atoms with van der Waals surface area (Å²) >= 11 is 3.14. The molecule has 0 radical (unpaired) electrons. The van der Waals surface area contributed by atoms with Gasteiger partial charge in [-0.1, -0.05) is 0 Å². The van der Waals surface area contributed by atoms with Gasteiger partial charge < -0.3 is 15.0 Å². The maximum Gasteiger partial charge on any atom is 0.332 e. The van der Waals surface area contributed by atoms with E-state index in [-0.39, 0.29) is 5.56 Å². The first-order valence-electron chi connectivity index (χ1n) is 9.53. The molecule has 0 saturated carbocycles. The van der Waals surface area contributed by atoms with Crippen LogP contribution in [-0.4, -0.2) is 36.9 Å². The van der Waals surface area contributed by atoms with Gasteiger partial charge in [-0.2, -0.15) is 22.7 Å². The van der Waals surface area contributed by atoms with Crippen molar-refractivity contribution < 1.29 is 5.11 Å². The van der Waals surface area contributed by atoms with Gasteiger partial charge in [0, 0.05) is 27.2 Å². The summed E-state index contributed by atoms with van der Waals surface area (Å²) in [5.74, 6) is 0. The highest BCUT2D eigenvalue weighted by atomic mass is 32.1. The average molecular weight is 446 g/mol. The first kappa shape index (κ1) is 20.7. The molecule has 4 heterocycles. The molecule has 10 heteroatoms. The van der Waals surface area contributed by atoms with Crippen LogP contribution in [0.2, 0.25) is 0 Å². The molecule has 4 aromatic rings. The molecule has 0 atom stereocenters. The summed E-state index contributed by atoms with van der Waals surface area (Å²) in [5.41, 5.74) is 0.826. The van der Waals surface area contributed by atoms with Crippen molar-refractivity contribution in [2.24, 2.45) is 14.1 Å². The molecule has 0 aliphatic rings. The number of aromatic nitrogens is 4. The Hall–Kier alpha value is -2.53. The van der Waals surface area contributed by atoms with Crippen LogP contribution in [0, 0.1) is 0 Å². The Morgan fingerprint density at radius 1 is 1.07 bits per heavy atom. The van der Waals surface area contributed by atoms with E-state index in [0.29, 0.717) is 37.2 Å². The van der Waals surface area contributed by atoms with Gasteiger partial charge in [0.2, 0.25) is 0 Å². The average Bonchev–Trinajstić information content (AvgIpc) is 3.51. The zero-order valence-corrected chi connectivity index (χ0v) is 18.4. The van der Waals surface area contributed by atoms with Gasteiger partial charge in [0.15, 0.2) is 11.2 Å². The normalized spacial score (nSPS) is 12.1. The summed E-state index contributed by atoms with van der Waals surface area (Å²) in [6, 6.07) is 3.92. The van der Waals surface area contributed by atoms with Crippen molar-refractivity contribution in [2.45, 2.75) is 18.6 Å². The number of hydrogen-bond acceptors (Lipinski definition) is 7. The number of aryl methyl sites for hydroxylation is 1. The lowest BCUT2D eigenvalue weighted by molar-refractivity contribution is 0.0720. The van der Waals surface area contributed by atoms with Crippen LogP contribution >= 0.6 is 22.7 Å². The van der Waals surface area contributed by atoms with E-state index in [1.165, 1.54) is 11.6 Å². The molecule has 0 aliphatic heterocycles. The number of nitrogens with one attached hydrogen (secondary N) is 1. The molecule has 0 amide bonds. The molecular formula is C20H23N5O3S2. The summed E-state index contributed by atoms with van der Waals surface area (Å²) in [6.45, 7) is 1.73. The zero-order chi connectivity index (χ0) is 21.3. The van der Waals surface area contributed by atoms with E-state index >= 15 is 0 Å². The largest absolute Gasteiger partial charge is 0.380 e. The van der Waals surface area contributed by atoms with Crippen molar-refractivity contribution in [2.75, 3.05) is 13.1 Å². The van der Waals surface area contributed by atoms with E-state index in [9.17, 15) is 14.7 Å². The maximum atomic E-state index is 12.5. The topological polar surface area (TPSA) is 94.1 Å². The van der Waals surface area contributed by atoms with Crippen LogP contribution in [0.4, 0.5) is 0 Å². The van der Waals surface area contributed by atoms with Crippen molar-refractivity contribution in [1.29, 1.82) is 0 Å². The molecule has 4 rings (SSSR count). The van der Waals surface area contributed by atoms with E-state index in [2.05, 4.69) is 10.3 Å². The lowest BCUT2D eigenvalue weighted by Crippen LogP contribution is -2.38. The lowest BCUT2D eigenvalue weighted by atomic mass is 9.87. The van der Waals surface area contributed by atoms with Crippen molar-refractivity contribution in [1.82, 2.24) is 24.0 Å². The highest BCUT2D eigenvalue weighted by Gasteiger charge is 2.31. The fourth-order valence-electron chi connectivity index (χ4n) is 3.62. The lowest BCUT2D eigenvalue weighted by Gasteiger charge is -2.27. The van der Waals surface area contributed by atoms with E-state index in [1.807, 2.05) is 33.7 Å². The van der Waals surface area contributed by atoms with Crippen LogP contribution in [0.3, 0.4) is 0 Å². The Labute approximate surface area is 180 Å². The van der Waals surface area contributed by atoms with Crippen LogP contribution < -0.4 is 16.6 Å². The minimum atomic E-state index is -1.02. The molecule has 0 unspecified atom stereocenters. The number of thiophene rings is 2. The van der Waals surface area contributed by atoms with Crippen LogP contribution in [0.25, 0.3) is 11.2 Å². The van der Waals surface area contributed by atoms with Crippen LogP contribution in [0.5, 0.6) is 0 Å². The van der Waals surface area contributed by atoms with Gasteiger partial charge >= 0.3 is 5.69 Å². The van der Waals surface area contributed by atoms with Crippen LogP contribution in [0.1, 0.15) is 17.5 Å². The van der Waals surface area contributed by atoms with Gasteiger partial charge in [-0.05, 0) is 57.7 Å². The first-order chi connectivity index (χ1) is 14.4.